The highest BCUT2D eigenvalue weighted by atomic mass is 35.5. The quantitative estimate of drug-likeness (QED) is 0.714. The Balaban J connectivity index is 2.02. The van der Waals surface area contributed by atoms with E-state index in [0.29, 0.717) is 24.2 Å². The van der Waals surface area contributed by atoms with Crippen LogP contribution in [0, 0.1) is 0 Å². The molecule has 0 bridgehead atoms. The van der Waals surface area contributed by atoms with Gasteiger partial charge in [0.1, 0.15) is 11.0 Å². The van der Waals surface area contributed by atoms with Gasteiger partial charge in [-0.1, -0.05) is 11.6 Å². The van der Waals surface area contributed by atoms with Gasteiger partial charge in [0, 0.05) is 19.2 Å². The van der Waals surface area contributed by atoms with E-state index in [0.717, 1.165) is 13.1 Å². The SMILES string of the molecule is Nc1nc(Cl)cc(NN2CCOCC2)n1. The zero-order valence-electron chi connectivity index (χ0n) is 8.11. The average molecular weight is 230 g/mol. The van der Waals surface area contributed by atoms with Gasteiger partial charge < -0.3 is 15.9 Å². The van der Waals surface area contributed by atoms with Crippen molar-refractivity contribution in [3.63, 3.8) is 0 Å². The minimum absolute atomic E-state index is 0.165. The minimum Gasteiger partial charge on any atom is -0.379 e. The van der Waals surface area contributed by atoms with Crippen molar-refractivity contribution >= 4 is 23.4 Å². The predicted molar refractivity (Wildman–Crippen MR) is 57.5 cm³/mol. The number of nitrogens with one attached hydrogen (secondary N) is 1. The smallest absolute Gasteiger partial charge is 0.223 e. The summed E-state index contributed by atoms with van der Waals surface area (Å²) in [6, 6.07) is 1.63. The van der Waals surface area contributed by atoms with Gasteiger partial charge >= 0.3 is 0 Å². The largest absolute Gasteiger partial charge is 0.379 e. The van der Waals surface area contributed by atoms with Crippen LogP contribution in [0.25, 0.3) is 0 Å². The number of ether oxygens (including phenoxy) is 1. The third kappa shape index (κ3) is 2.92. The summed E-state index contributed by atoms with van der Waals surface area (Å²) in [5.41, 5.74) is 8.57. The molecule has 0 saturated carbocycles. The number of hydrazine groups is 1. The van der Waals surface area contributed by atoms with E-state index in [-0.39, 0.29) is 5.95 Å². The Bertz CT molecular complexity index is 322. The summed E-state index contributed by atoms with van der Waals surface area (Å²) in [6.07, 6.45) is 0. The van der Waals surface area contributed by atoms with Crippen molar-refractivity contribution in [2.24, 2.45) is 0 Å². The molecule has 3 N–H and O–H groups in total. The van der Waals surface area contributed by atoms with E-state index in [1.807, 2.05) is 5.01 Å². The van der Waals surface area contributed by atoms with E-state index >= 15 is 0 Å². The third-order valence-electron chi connectivity index (χ3n) is 2.00. The Kier molecular flexibility index (Phi) is 3.20. The van der Waals surface area contributed by atoms with Gasteiger partial charge in [-0.25, -0.2) is 9.99 Å². The van der Waals surface area contributed by atoms with E-state index in [4.69, 9.17) is 22.1 Å². The van der Waals surface area contributed by atoms with Crippen molar-refractivity contribution < 1.29 is 4.74 Å². The lowest BCUT2D eigenvalue weighted by molar-refractivity contribution is 0.0495. The summed E-state index contributed by atoms with van der Waals surface area (Å²) in [7, 11) is 0. The minimum atomic E-state index is 0.165. The molecule has 1 aromatic heterocycles. The molecule has 0 spiro atoms. The molecule has 0 aromatic carbocycles. The van der Waals surface area contributed by atoms with Gasteiger partial charge in [0.2, 0.25) is 5.95 Å². The molecule has 0 atom stereocenters. The molecular formula is C8H12ClN5O. The molecule has 15 heavy (non-hydrogen) atoms. The van der Waals surface area contributed by atoms with Crippen molar-refractivity contribution in [1.82, 2.24) is 15.0 Å². The second kappa shape index (κ2) is 4.61. The standard InChI is InChI=1S/C8H12ClN5O/c9-6-5-7(12-8(10)11-6)13-14-1-3-15-4-2-14/h5H,1-4H2,(H3,10,11,12,13). The molecule has 0 unspecified atom stereocenters. The summed E-state index contributed by atoms with van der Waals surface area (Å²) >= 11 is 5.75. The summed E-state index contributed by atoms with van der Waals surface area (Å²) in [5, 5.41) is 2.33. The van der Waals surface area contributed by atoms with Gasteiger partial charge in [0.05, 0.1) is 13.2 Å². The number of hydrogen-bond donors (Lipinski definition) is 2. The molecular weight excluding hydrogens is 218 g/mol. The first-order valence-corrected chi connectivity index (χ1v) is 5.01. The molecule has 2 rings (SSSR count). The maximum atomic E-state index is 5.75. The fourth-order valence-corrected chi connectivity index (χ4v) is 1.52. The second-order valence-corrected chi connectivity index (χ2v) is 3.53. The Morgan fingerprint density at radius 1 is 1.40 bits per heavy atom. The van der Waals surface area contributed by atoms with Gasteiger partial charge in [-0.2, -0.15) is 4.98 Å². The molecule has 1 fully saturated rings. The van der Waals surface area contributed by atoms with Crippen molar-refractivity contribution in [3.05, 3.63) is 11.2 Å². The van der Waals surface area contributed by atoms with Gasteiger partial charge in [-0.3, -0.25) is 0 Å². The fourth-order valence-electron chi connectivity index (χ4n) is 1.33. The predicted octanol–water partition coefficient (Wildman–Crippen LogP) is 0.371. The lowest BCUT2D eigenvalue weighted by atomic mass is 10.5. The summed E-state index contributed by atoms with van der Waals surface area (Å²) in [5.74, 6) is 0.771. The summed E-state index contributed by atoms with van der Waals surface area (Å²) < 4.78 is 5.22. The number of rotatable bonds is 2. The summed E-state index contributed by atoms with van der Waals surface area (Å²) in [6.45, 7) is 3.03. The van der Waals surface area contributed by atoms with E-state index in [1.165, 1.54) is 0 Å². The van der Waals surface area contributed by atoms with Gasteiger partial charge in [0.15, 0.2) is 0 Å². The van der Waals surface area contributed by atoms with Crippen molar-refractivity contribution in [2.75, 3.05) is 37.5 Å². The van der Waals surface area contributed by atoms with Crippen LogP contribution in [0.4, 0.5) is 11.8 Å². The first kappa shape index (κ1) is 10.4. The van der Waals surface area contributed by atoms with Gasteiger partial charge in [-0.15, -0.1) is 0 Å². The number of nitrogen functional groups attached to an aromatic ring is 1. The average Bonchev–Trinajstić information content (AvgIpc) is 2.17. The molecule has 0 amide bonds. The zero-order chi connectivity index (χ0) is 10.7. The number of morpholine rings is 1. The van der Waals surface area contributed by atoms with Crippen LogP contribution in [0.2, 0.25) is 5.15 Å². The first-order valence-electron chi connectivity index (χ1n) is 4.63. The van der Waals surface area contributed by atoms with Crippen LogP contribution in [0.5, 0.6) is 0 Å². The Morgan fingerprint density at radius 2 is 2.13 bits per heavy atom. The molecule has 1 aromatic rings. The fraction of sp³-hybridized carbons (Fsp3) is 0.500. The van der Waals surface area contributed by atoms with E-state index in [1.54, 1.807) is 6.07 Å². The van der Waals surface area contributed by atoms with Crippen LogP contribution >= 0.6 is 11.6 Å². The molecule has 0 aliphatic carbocycles. The lowest BCUT2D eigenvalue weighted by Gasteiger charge is -2.27. The molecule has 1 saturated heterocycles. The van der Waals surface area contributed by atoms with Crippen LogP contribution in [-0.2, 0) is 4.74 Å². The maximum Gasteiger partial charge on any atom is 0.223 e. The molecule has 0 radical (unpaired) electrons. The number of hydrogen-bond acceptors (Lipinski definition) is 6. The van der Waals surface area contributed by atoms with Crippen LogP contribution in [0.3, 0.4) is 0 Å². The monoisotopic (exact) mass is 229 g/mol. The number of nitrogens with two attached hydrogens (primary N) is 1. The third-order valence-corrected chi connectivity index (χ3v) is 2.19. The maximum absolute atomic E-state index is 5.75. The van der Waals surface area contributed by atoms with Crippen LogP contribution < -0.4 is 11.2 Å². The highest BCUT2D eigenvalue weighted by Crippen LogP contribution is 2.13. The Morgan fingerprint density at radius 3 is 2.80 bits per heavy atom. The van der Waals surface area contributed by atoms with Crippen LogP contribution in [0.1, 0.15) is 0 Å². The van der Waals surface area contributed by atoms with Crippen LogP contribution in [0.15, 0.2) is 6.07 Å². The van der Waals surface area contributed by atoms with E-state index in [2.05, 4.69) is 15.4 Å². The lowest BCUT2D eigenvalue weighted by Crippen LogP contribution is -2.40. The Hall–Kier alpha value is -1.11. The van der Waals surface area contributed by atoms with Crippen molar-refractivity contribution in [2.45, 2.75) is 0 Å². The zero-order valence-corrected chi connectivity index (χ0v) is 8.87. The van der Waals surface area contributed by atoms with Crippen molar-refractivity contribution in [3.8, 4) is 0 Å². The van der Waals surface area contributed by atoms with E-state index < -0.39 is 0 Å². The van der Waals surface area contributed by atoms with Crippen LogP contribution in [-0.4, -0.2) is 41.3 Å². The highest BCUT2D eigenvalue weighted by molar-refractivity contribution is 6.29. The van der Waals surface area contributed by atoms with Crippen molar-refractivity contribution in [1.29, 1.82) is 0 Å². The first-order chi connectivity index (χ1) is 7.24. The second-order valence-electron chi connectivity index (χ2n) is 3.15. The van der Waals surface area contributed by atoms with Gasteiger partial charge in [-0.05, 0) is 0 Å². The number of aromatic nitrogens is 2. The molecule has 1 aliphatic heterocycles. The number of halogens is 1. The summed E-state index contributed by atoms with van der Waals surface area (Å²) in [4.78, 5) is 7.79. The molecule has 82 valence electrons. The number of nitrogens with zero attached hydrogens (tertiary/aromatic N) is 3. The number of anilines is 2. The molecule has 1 aliphatic rings. The molecule has 6 nitrogen and oxygen atoms in total. The topological polar surface area (TPSA) is 76.3 Å². The van der Waals surface area contributed by atoms with E-state index in [9.17, 15) is 0 Å². The highest BCUT2D eigenvalue weighted by Gasteiger charge is 2.11. The molecule has 2 heterocycles. The van der Waals surface area contributed by atoms with Gasteiger partial charge in [0.25, 0.3) is 0 Å². The normalized spacial score (nSPS) is 17.7. The molecule has 7 heteroatoms. The Labute approximate surface area is 92.4 Å².